The van der Waals surface area contributed by atoms with Crippen LogP contribution in [0.15, 0.2) is 54.6 Å². The molecule has 8 heteroatoms. The molecule has 2 aromatic rings. The number of benzene rings is 2. The highest BCUT2D eigenvalue weighted by Crippen LogP contribution is 2.18. The van der Waals surface area contributed by atoms with Crippen molar-refractivity contribution in [2.24, 2.45) is 0 Å². The van der Waals surface area contributed by atoms with Gasteiger partial charge in [-0.3, -0.25) is 15.2 Å². The lowest BCUT2D eigenvalue weighted by Crippen LogP contribution is -2.45. The Kier molecular flexibility index (Phi) is 6.30. The van der Waals surface area contributed by atoms with Gasteiger partial charge in [0.15, 0.2) is 11.7 Å². The molecule has 0 saturated carbocycles. The molecular weight excluding hydrogens is 342 g/mol. The number of carboxylic acids is 1. The van der Waals surface area contributed by atoms with Gasteiger partial charge in [0.05, 0.1) is 5.56 Å². The molecule has 2 aromatic carbocycles. The van der Waals surface area contributed by atoms with Gasteiger partial charge >= 0.3 is 5.97 Å². The number of para-hydroxylation sites is 2. The second-order valence-electron chi connectivity index (χ2n) is 4.97. The summed E-state index contributed by atoms with van der Waals surface area (Å²) in [5, 5.41) is 13.3. The zero-order chi connectivity index (χ0) is 18.2. The Bertz CT molecular complexity index is 767. The normalized spacial score (nSPS) is 9.80. The Morgan fingerprint density at radius 3 is 2.44 bits per heavy atom. The van der Waals surface area contributed by atoms with Crippen molar-refractivity contribution in [2.45, 2.75) is 0 Å². The summed E-state index contributed by atoms with van der Waals surface area (Å²) in [5.41, 5.74) is 3.60. The second-order valence-corrected chi connectivity index (χ2v) is 5.36. The monoisotopic (exact) mass is 359 g/mol. The maximum Gasteiger partial charge on any atom is 0.341 e. The summed E-state index contributed by atoms with van der Waals surface area (Å²) in [6.45, 7) is -0.534. The van der Waals surface area contributed by atoms with Crippen LogP contribution in [-0.2, 0) is 4.79 Å². The maximum absolute atomic E-state index is 12.4. The van der Waals surface area contributed by atoms with Gasteiger partial charge in [0, 0.05) is 12.7 Å². The number of thiocarbonyl (C=S) groups is 1. The van der Waals surface area contributed by atoms with Crippen LogP contribution < -0.4 is 15.5 Å². The molecule has 0 saturated heterocycles. The van der Waals surface area contributed by atoms with Gasteiger partial charge in [-0.25, -0.2) is 4.79 Å². The Hall–Kier alpha value is -3.13. The van der Waals surface area contributed by atoms with Crippen LogP contribution in [0.2, 0.25) is 0 Å². The molecule has 130 valence electrons. The smallest absolute Gasteiger partial charge is 0.341 e. The molecule has 1 amide bonds. The van der Waals surface area contributed by atoms with Crippen LogP contribution in [0.25, 0.3) is 0 Å². The lowest BCUT2D eigenvalue weighted by atomic mass is 10.2. The zero-order valence-electron chi connectivity index (χ0n) is 13.4. The molecule has 0 aromatic heterocycles. The number of nitrogens with zero attached hydrogens (tertiary/aromatic N) is 1. The molecule has 0 radical (unpaired) electrons. The standard InChI is InChI=1S/C17H17N3O4S/c1-20(17(25)18-12-7-3-2-4-8-12)19-16(23)13-9-5-6-10-14(13)24-11-15(21)22/h2-10H,11H2,1H3,(H,18,25)(H,19,23)(H,21,22). The number of nitrogens with one attached hydrogen (secondary N) is 2. The van der Waals surface area contributed by atoms with E-state index in [9.17, 15) is 9.59 Å². The predicted octanol–water partition coefficient (Wildman–Crippen LogP) is 2.12. The van der Waals surface area contributed by atoms with Gasteiger partial charge in [-0.05, 0) is 36.5 Å². The molecule has 0 bridgehead atoms. The lowest BCUT2D eigenvalue weighted by molar-refractivity contribution is -0.139. The largest absolute Gasteiger partial charge is 0.481 e. The SMILES string of the molecule is CN(NC(=O)c1ccccc1OCC(=O)O)C(=S)Nc1ccccc1. The number of carbonyl (C=O) groups is 2. The Labute approximate surface area is 150 Å². The van der Waals surface area contributed by atoms with Crippen molar-refractivity contribution in [3.63, 3.8) is 0 Å². The van der Waals surface area contributed by atoms with E-state index >= 15 is 0 Å². The van der Waals surface area contributed by atoms with E-state index in [0.29, 0.717) is 5.11 Å². The minimum atomic E-state index is -1.12. The summed E-state index contributed by atoms with van der Waals surface area (Å²) in [4.78, 5) is 23.0. The number of carboxylic acid groups (broad SMARTS) is 1. The molecule has 0 aliphatic heterocycles. The van der Waals surface area contributed by atoms with Gasteiger partial charge in [-0.15, -0.1) is 0 Å². The van der Waals surface area contributed by atoms with Crippen LogP contribution in [0, 0.1) is 0 Å². The first kappa shape index (κ1) is 18.2. The highest BCUT2D eigenvalue weighted by atomic mass is 32.1. The summed E-state index contributed by atoms with van der Waals surface area (Å²) in [6, 6.07) is 15.7. The van der Waals surface area contributed by atoms with Crippen LogP contribution in [0.5, 0.6) is 5.75 Å². The number of aliphatic carboxylic acids is 1. The van der Waals surface area contributed by atoms with Gasteiger partial charge in [-0.1, -0.05) is 30.3 Å². The van der Waals surface area contributed by atoms with Gasteiger partial charge in [0.2, 0.25) is 0 Å². The predicted molar refractivity (Wildman–Crippen MR) is 97.5 cm³/mol. The number of carbonyl (C=O) groups excluding carboxylic acids is 1. The first-order valence-corrected chi connectivity index (χ1v) is 7.72. The minimum absolute atomic E-state index is 0.178. The Morgan fingerprint density at radius 1 is 1.12 bits per heavy atom. The molecule has 0 aliphatic carbocycles. The summed E-state index contributed by atoms with van der Waals surface area (Å²) >= 11 is 5.24. The average Bonchev–Trinajstić information content (AvgIpc) is 2.60. The molecule has 0 heterocycles. The van der Waals surface area contributed by atoms with E-state index < -0.39 is 18.5 Å². The lowest BCUT2D eigenvalue weighted by Gasteiger charge is -2.22. The topological polar surface area (TPSA) is 90.9 Å². The molecule has 0 unspecified atom stereocenters. The number of hydrogen-bond donors (Lipinski definition) is 3. The van der Waals surface area contributed by atoms with Gasteiger partial charge in [0.25, 0.3) is 5.91 Å². The molecular formula is C17H17N3O4S. The summed E-state index contributed by atoms with van der Waals surface area (Å²) in [7, 11) is 1.59. The molecule has 25 heavy (non-hydrogen) atoms. The average molecular weight is 359 g/mol. The molecule has 0 fully saturated rings. The summed E-state index contributed by atoms with van der Waals surface area (Å²) < 4.78 is 5.13. The number of anilines is 1. The van der Waals surface area contributed by atoms with Crippen molar-refractivity contribution in [1.29, 1.82) is 0 Å². The zero-order valence-corrected chi connectivity index (χ0v) is 14.2. The van der Waals surface area contributed by atoms with Crippen LogP contribution in [0.3, 0.4) is 0 Å². The van der Waals surface area contributed by atoms with Crippen LogP contribution in [0.1, 0.15) is 10.4 Å². The number of hydrazine groups is 1. The number of amides is 1. The van der Waals surface area contributed by atoms with Crippen molar-refractivity contribution >= 4 is 34.9 Å². The molecule has 2 rings (SSSR count). The second kappa shape index (κ2) is 8.65. The molecule has 3 N–H and O–H groups in total. The Balaban J connectivity index is 2.01. The molecule has 0 spiro atoms. The molecule has 0 atom stereocenters. The third kappa shape index (κ3) is 5.47. The fourth-order valence-electron chi connectivity index (χ4n) is 1.91. The van der Waals surface area contributed by atoms with Gasteiger partial charge in [-0.2, -0.15) is 0 Å². The maximum atomic E-state index is 12.4. The third-order valence-electron chi connectivity index (χ3n) is 3.08. The molecule has 7 nitrogen and oxygen atoms in total. The van der Waals surface area contributed by atoms with Crippen molar-refractivity contribution in [3.05, 3.63) is 60.2 Å². The minimum Gasteiger partial charge on any atom is -0.481 e. The van der Waals surface area contributed by atoms with Crippen molar-refractivity contribution in [3.8, 4) is 5.75 Å². The fraction of sp³-hybridized carbons (Fsp3) is 0.118. The summed E-state index contributed by atoms with van der Waals surface area (Å²) in [5.74, 6) is -1.42. The first-order chi connectivity index (χ1) is 12.0. The van der Waals surface area contributed by atoms with Crippen molar-refractivity contribution in [1.82, 2.24) is 10.4 Å². The van der Waals surface area contributed by atoms with E-state index in [1.165, 1.54) is 17.1 Å². The first-order valence-electron chi connectivity index (χ1n) is 7.31. The van der Waals surface area contributed by atoms with Crippen LogP contribution in [0.4, 0.5) is 5.69 Å². The van der Waals surface area contributed by atoms with E-state index in [2.05, 4.69) is 10.7 Å². The van der Waals surface area contributed by atoms with Crippen molar-refractivity contribution in [2.75, 3.05) is 19.0 Å². The van der Waals surface area contributed by atoms with E-state index in [4.69, 9.17) is 22.1 Å². The van der Waals surface area contributed by atoms with E-state index in [1.54, 1.807) is 19.2 Å². The molecule has 0 aliphatic rings. The van der Waals surface area contributed by atoms with Crippen LogP contribution in [-0.4, -0.2) is 40.8 Å². The third-order valence-corrected chi connectivity index (χ3v) is 3.46. The van der Waals surface area contributed by atoms with Crippen molar-refractivity contribution < 1.29 is 19.4 Å². The van der Waals surface area contributed by atoms with Gasteiger partial charge in [0.1, 0.15) is 5.75 Å². The number of hydrogen-bond acceptors (Lipinski definition) is 4. The Morgan fingerprint density at radius 2 is 1.76 bits per heavy atom. The fourth-order valence-corrected chi connectivity index (χ4v) is 2.08. The van der Waals surface area contributed by atoms with Crippen LogP contribution >= 0.6 is 12.2 Å². The number of ether oxygens (including phenoxy) is 1. The highest BCUT2D eigenvalue weighted by Gasteiger charge is 2.15. The number of rotatable bonds is 5. The van der Waals surface area contributed by atoms with E-state index in [-0.39, 0.29) is 11.3 Å². The van der Waals surface area contributed by atoms with Gasteiger partial charge < -0.3 is 15.2 Å². The summed E-state index contributed by atoms with van der Waals surface area (Å²) in [6.07, 6.45) is 0. The highest BCUT2D eigenvalue weighted by molar-refractivity contribution is 7.80. The van der Waals surface area contributed by atoms with E-state index in [1.807, 2.05) is 30.3 Å². The quantitative estimate of drug-likeness (QED) is 0.556. The van der Waals surface area contributed by atoms with E-state index in [0.717, 1.165) is 5.69 Å².